The second-order valence-corrected chi connectivity index (χ2v) is 5.92. The van der Waals surface area contributed by atoms with E-state index in [0.717, 1.165) is 24.8 Å². The van der Waals surface area contributed by atoms with Gasteiger partial charge in [-0.2, -0.15) is 0 Å². The summed E-state index contributed by atoms with van der Waals surface area (Å²) in [5.74, 6) is 0.263. The highest BCUT2D eigenvalue weighted by Gasteiger charge is 2.36. The molecule has 0 spiro atoms. The number of carbonyl (C=O) groups is 1. The molecule has 0 radical (unpaired) electrons. The third-order valence-electron chi connectivity index (χ3n) is 4.27. The minimum absolute atomic E-state index is 0.263. The van der Waals surface area contributed by atoms with Gasteiger partial charge in [0, 0.05) is 0 Å². The normalized spacial score (nSPS) is 13.7. The second-order valence-electron chi connectivity index (χ2n) is 5.92. The maximum absolute atomic E-state index is 12.6. The Morgan fingerprint density at radius 2 is 1.76 bits per heavy atom. The molecule has 0 saturated carbocycles. The van der Waals surface area contributed by atoms with Crippen molar-refractivity contribution in [3.05, 3.63) is 71.3 Å². The van der Waals surface area contributed by atoms with Gasteiger partial charge in [-0.05, 0) is 37.8 Å². The second kappa shape index (κ2) is 6.71. The summed E-state index contributed by atoms with van der Waals surface area (Å²) in [5.41, 5.74) is 3.19. The average Bonchev–Trinajstić information content (AvgIpc) is 2.47. The molecule has 0 N–H and O–H groups in total. The molecule has 0 aromatic heterocycles. The van der Waals surface area contributed by atoms with Gasteiger partial charge in [0.25, 0.3) is 0 Å². The third-order valence-corrected chi connectivity index (χ3v) is 4.27. The molecule has 0 unspecified atom stereocenters. The topological polar surface area (TPSA) is 17.1 Å². The first kappa shape index (κ1) is 15.5. The Morgan fingerprint density at radius 3 is 2.33 bits per heavy atom. The van der Waals surface area contributed by atoms with Crippen LogP contribution in [0.5, 0.6) is 0 Å². The number of aryl methyl sites for hydroxylation is 1. The minimum Gasteiger partial charge on any atom is -0.299 e. The van der Waals surface area contributed by atoms with Crippen molar-refractivity contribution in [2.75, 3.05) is 0 Å². The van der Waals surface area contributed by atoms with Crippen molar-refractivity contribution in [3.63, 3.8) is 0 Å². The van der Waals surface area contributed by atoms with Crippen LogP contribution in [-0.4, -0.2) is 5.78 Å². The van der Waals surface area contributed by atoms with E-state index in [1.807, 2.05) is 18.2 Å². The molecule has 0 bridgehead atoms. The number of hydrogen-bond acceptors (Lipinski definition) is 1. The third kappa shape index (κ3) is 3.41. The lowest BCUT2D eigenvalue weighted by molar-refractivity contribution is -0.122. The van der Waals surface area contributed by atoms with Crippen LogP contribution < -0.4 is 0 Å². The number of carbonyl (C=O) groups excluding carboxylic acids is 1. The Labute approximate surface area is 128 Å². The van der Waals surface area contributed by atoms with E-state index in [4.69, 9.17) is 0 Å². The van der Waals surface area contributed by atoms with Crippen molar-refractivity contribution in [1.82, 2.24) is 0 Å². The zero-order valence-corrected chi connectivity index (χ0v) is 13.2. The maximum atomic E-state index is 12.6. The summed E-state index contributed by atoms with van der Waals surface area (Å²) in [5, 5.41) is 0. The summed E-state index contributed by atoms with van der Waals surface area (Å²) in [7, 11) is 0. The van der Waals surface area contributed by atoms with Crippen molar-refractivity contribution < 1.29 is 4.79 Å². The van der Waals surface area contributed by atoms with Crippen LogP contribution in [0.2, 0.25) is 0 Å². The Morgan fingerprint density at radius 1 is 1.05 bits per heavy atom. The fourth-order valence-corrected chi connectivity index (χ4v) is 3.15. The number of Topliss-reactive ketones (excluding diaryl/α,β-unsaturated/α-hetero) is 1. The molecule has 2 aromatic rings. The van der Waals surface area contributed by atoms with E-state index in [1.54, 1.807) is 6.92 Å². The van der Waals surface area contributed by atoms with Crippen LogP contribution in [0.15, 0.2) is 54.6 Å². The van der Waals surface area contributed by atoms with Gasteiger partial charge < -0.3 is 0 Å². The van der Waals surface area contributed by atoms with Crippen molar-refractivity contribution in [2.24, 2.45) is 0 Å². The molecule has 0 aliphatic rings. The number of hydrogen-bond donors (Lipinski definition) is 0. The molecule has 110 valence electrons. The van der Waals surface area contributed by atoms with Crippen LogP contribution >= 0.6 is 0 Å². The SMILES string of the molecule is CCC[C@](Cc1ccccc1)(C(C)=O)c1cccc(C)c1. The summed E-state index contributed by atoms with van der Waals surface area (Å²) >= 11 is 0. The molecule has 21 heavy (non-hydrogen) atoms. The largest absolute Gasteiger partial charge is 0.299 e. The highest BCUT2D eigenvalue weighted by atomic mass is 16.1. The number of rotatable bonds is 6. The molecular weight excluding hydrogens is 256 g/mol. The van der Waals surface area contributed by atoms with E-state index in [-0.39, 0.29) is 5.78 Å². The van der Waals surface area contributed by atoms with Gasteiger partial charge in [0.2, 0.25) is 0 Å². The first-order valence-electron chi connectivity index (χ1n) is 7.70. The van der Waals surface area contributed by atoms with E-state index < -0.39 is 5.41 Å². The van der Waals surface area contributed by atoms with Crippen LogP contribution in [0.1, 0.15) is 43.4 Å². The van der Waals surface area contributed by atoms with Crippen LogP contribution in [0.3, 0.4) is 0 Å². The smallest absolute Gasteiger partial charge is 0.140 e. The van der Waals surface area contributed by atoms with Gasteiger partial charge in [0.05, 0.1) is 5.41 Å². The zero-order valence-electron chi connectivity index (χ0n) is 13.2. The first-order valence-corrected chi connectivity index (χ1v) is 7.70. The van der Waals surface area contributed by atoms with Crippen molar-refractivity contribution in [1.29, 1.82) is 0 Å². The number of ketones is 1. The lowest BCUT2D eigenvalue weighted by Gasteiger charge is -2.32. The van der Waals surface area contributed by atoms with Gasteiger partial charge in [-0.3, -0.25) is 4.79 Å². The summed E-state index contributed by atoms with van der Waals surface area (Å²) in [6, 6.07) is 18.8. The van der Waals surface area contributed by atoms with Gasteiger partial charge in [-0.25, -0.2) is 0 Å². The Bertz CT molecular complexity index is 600. The van der Waals surface area contributed by atoms with Gasteiger partial charge in [0.15, 0.2) is 0 Å². The average molecular weight is 280 g/mol. The van der Waals surface area contributed by atoms with E-state index in [0.29, 0.717) is 0 Å². The first-order chi connectivity index (χ1) is 10.1. The van der Waals surface area contributed by atoms with E-state index >= 15 is 0 Å². The fourth-order valence-electron chi connectivity index (χ4n) is 3.15. The van der Waals surface area contributed by atoms with E-state index in [2.05, 4.69) is 50.2 Å². The van der Waals surface area contributed by atoms with Crippen molar-refractivity contribution in [2.45, 2.75) is 45.4 Å². The Hall–Kier alpha value is -1.89. The van der Waals surface area contributed by atoms with Crippen LogP contribution in [0.4, 0.5) is 0 Å². The summed E-state index contributed by atoms with van der Waals surface area (Å²) in [6.07, 6.45) is 2.67. The molecule has 1 atom stereocenters. The summed E-state index contributed by atoms with van der Waals surface area (Å²) < 4.78 is 0. The predicted octanol–water partition coefficient (Wildman–Crippen LogP) is 4.86. The molecular formula is C20H24O. The Kier molecular flexibility index (Phi) is 4.95. The molecule has 0 aliphatic heterocycles. The lowest BCUT2D eigenvalue weighted by Crippen LogP contribution is -2.36. The van der Waals surface area contributed by atoms with Crippen LogP contribution in [0, 0.1) is 6.92 Å². The van der Waals surface area contributed by atoms with E-state index in [9.17, 15) is 4.79 Å². The van der Waals surface area contributed by atoms with Gasteiger partial charge >= 0.3 is 0 Å². The van der Waals surface area contributed by atoms with Gasteiger partial charge in [-0.15, -0.1) is 0 Å². The summed E-state index contributed by atoms with van der Waals surface area (Å²) in [6.45, 7) is 5.97. The van der Waals surface area contributed by atoms with Crippen LogP contribution in [0.25, 0.3) is 0 Å². The molecule has 1 heteroatoms. The fraction of sp³-hybridized carbons (Fsp3) is 0.350. The standard InChI is InChI=1S/C20H24O/c1-4-13-20(17(3)21,15-18-10-6-5-7-11-18)19-12-8-9-16(2)14-19/h5-12,14H,4,13,15H2,1-3H3/t20-/m0/s1. The van der Waals surface area contributed by atoms with Gasteiger partial charge in [-0.1, -0.05) is 73.5 Å². The zero-order chi connectivity index (χ0) is 15.3. The molecule has 0 heterocycles. The lowest BCUT2D eigenvalue weighted by atomic mass is 9.69. The maximum Gasteiger partial charge on any atom is 0.140 e. The molecule has 1 nitrogen and oxygen atoms in total. The quantitative estimate of drug-likeness (QED) is 0.738. The van der Waals surface area contributed by atoms with E-state index in [1.165, 1.54) is 11.1 Å². The molecule has 0 saturated heterocycles. The van der Waals surface area contributed by atoms with Crippen LogP contribution in [-0.2, 0) is 16.6 Å². The highest BCUT2D eigenvalue weighted by molar-refractivity contribution is 5.88. The molecule has 2 aromatic carbocycles. The van der Waals surface area contributed by atoms with Crippen molar-refractivity contribution >= 4 is 5.78 Å². The number of benzene rings is 2. The van der Waals surface area contributed by atoms with Crippen molar-refractivity contribution in [3.8, 4) is 0 Å². The van der Waals surface area contributed by atoms with Gasteiger partial charge in [0.1, 0.15) is 5.78 Å². The monoisotopic (exact) mass is 280 g/mol. The Balaban J connectivity index is 2.50. The summed E-state index contributed by atoms with van der Waals surface area (Å²) in [4.78, 5) is 12.6. The molecule has 0 aliphatic carbocycles. The highest BCUT2D eigenvalue weighted by Crippen LogP contribution is 2.35. The molecule has 2 rings (SSSR count). The molecule has 0 amide bonds. The minimum atomic E-state index is -0.401. The molecule has 0 fully saturated rings. The predicted molar refractivity (Wildman–Crippen MR) is 88.6 cm³/mol.